The van der Waals surface area contributed by atoms with Gasteiger partial charge >= 0.3 is 5.97 Å². The van der Waals surface area contributed by atoms with Gasteiger partial charge < -0.3 is 14.2 Å². The Morgan fingerprint density at radius 3 is 2.15 bits per heavy atom. The van der Waals surface area contributed by atoms with E-state index in [9.17, 15) is 9.59 Å². The minimum atomic E-state index is -0.177. The molecule has 0 aromatic rings. The maximum absolute atomic E-state index is 12.6. The highest BCUT2D eigenvalue weighted by Gasteiger charge is 2.57. The first-order valence-corrected chi connectivity index (χ1v) is 10.7. The van der Waals surface area contributed by atoms with E-state index in [0.717, 1.165) is 44.9 Å². The summed E-state index contributed by atoms with van der Waals surface area (Å²) in [4.78, 5) is 25.0. The molecular weight excluding hydrogens is 344 g/mol. The van der Waals surface area contributed by atoms with Gasteiger partial charge in [0.25, 0.3) is 0 Å². The van der Waals surface area contributed by atoms with E-state index in [-0.39, 0.29) is 40.5 Å². The highest BCUT2D eigenvalue weighted by Crippen LogP contribution is 2.50. The van der Waals surface area contributed by atoms with Crippen LogP contribution in [0.25, 0.3) is 0 Å². The van der Waals surface area contributed by atoms with Crippen molar-refractivity contribution >= 4 is 11.8 Å². The first-order chi connectivity index (χ1) is 12.6. The summed E-state index contributed by atoms with van der Waals surface area (Å²) < 4.78 is 17.0. The van der Waals surface area contributed by atoms with E-state index >= 15 is 0 Å². The van der Waals surface area contributed by atoms with Crippen molar-refractivity contribution in [3.05, 3.63) is 0 Å². The number of epoxide rings is 2. The fraction of sp³-hybridized carbons (Fsp3) is 0.909. The number of fused-ring (bicyclic) bond motifs is 2. The Morgan fingerprint density at radius 2 is 1.56 bits per heavy atom. The van der Waals surface area contributed by atoms with Crippen molar-refractivity contribution in [1.29, 1.82) is 0 Å². The Kier molecular flexibility index (Phi) is 4.70. The Morgan fingerprint density at radius 1 is 1.00 bits per heavy atom. The van der Waals surface area contributed by atoms with Gasteiger partial charge in [0, 0.05) is 12.3 Å². The molecule has 0 spiro atoms. The maximum atomic E-state index is 12.6. The van der Waals surface area contributed by atoms with Crippen molar-refractivity contribution in [2.45, 2.75) is 102 Å². The number of ether oxygens (including phenoxy) is 3. The zero-order chi connectivity index (χ0) is 19.4. The summed E-state index contributed by atoms with van der Waals surface area (Å²) in [5.74, 6) is 0.380. The highest BCUT2D eigenvalue weighted by atomic mass is 16.6. The van der Waals surface area contributed by atoms with Gasteiger partial charge in [0.1, 0.15) is 5.78 Å². The van der Waals surface area contributed by atoms with Crippen LogP contribution < -0.4 is 0 Å². The summed E-state index contributed by atoms with van der Waals surface area (Å²) >= 11 is 0. The third-order valence-corrected chi connectivity index (χ3v) is 7.49. The SMILES string of the molecule is CC(C)(CCC(=O)C1CCC2(C)OC2C1)COC(=O)C1CCC2(C)OC2C1. The Labute approximate surface area is 162 Å². The molecule has 6 unspecified atom stereocenters. The molecule has 0 bridgehead atoms. The minimum Gasteiger partial charge on any atom is -0.465 e. The molecule has 4 aliphatic rings. The van der Waals surface area contributed by atoms with Crippen molar-refractivity contribution in [2.75, 3.05) is 6.61 Å². The quantitative estimate of drug-likeness (QED) is 0.498. The van der Waals surface area contributed by atoms with E-state index in [1.54, 1.807) is 0 Å². The van der Waals surface area contributed by atoms with Crippen LogP contribution in [-0.4, -0.2) is 41.8 Å². The summed E-state index contributed by atoms with van der Waals surface area (Å²) in [5.41, 5.74) is -0.0887. The molecule has 5 nitrogen and oxygen atoms in total. The average molecular weight is 379 g/mol. The lowest BCUT2D eigenvalue weighted by atomic mass is 9.78. The molecular formula is C22H34O5. The molecule has 2 aliphatic carbocycles. The fourth-order valence-corrected chi connectivity index (χ4v) is 4.92. The number of carbonyl (C=O) groups is 2. The number of hydrogen-bond acceptors (Lipinski definition) is 5. The van der Waals surface area contributed by atoms with E-state index in [4.69, 9.17) is 14.2 Å². The van der Waals surface area contributed by atoms with Crippen LogP contribution in [0.15, 0.2) is 0 Å². The van der Waals surface area contributed by atoms with Gasteiger partial charge in [0.2, 0.25) is 0 Å². The predicted octanol–water partition coefficient (Wildman–Crippen LogP) is 3.82. The van der Waals surface area contributed by atoms with Crippen molar-refractivity contribution in [1.82, 2.24) is 0 Å². The van der Waals surface area contributed by atoms with Gasteiger partial charge in [-0.1, -0.05) is 13.8 Å². The third kappa shape index (κ3) is 4.09. The first-order valence-electron chi connectivity index (χ1n) is 10.7. The predicted molar refractivity (Wildman–Crippen MR) is 100 cm³/mol. The molecule has 2 saturated heterocycles. The number of ketones is 1. The third-order valence-electron chi connectivity index (χ3n) is 7.49. The number of carbonyl (C=O) groups excluding carboxylic acids is 2. The lowest BCUT2D eigenvalue weighted by molar-refractivity contribution is -0.152. The highest BCUT2D eigenvalue weighted by molar-refractivity contribution is 5.81. The molecule has 0 aromatic carbocycles. The largest absolute Gasteiger partial charge is 0.465 e. The molecule has 2 aliphatic heterocycles. The topological polar surface area (TPSA) is 68.4 Å². The zero-order valence-electron chi connectivity index (χ0n) is 17.2. The normalized spacial score (nSPS) is 42.7. The molecule has 2 saturated carbocycles. The molecule has 152 valence electrons. The Bertz CT molecular complexity index is 576. The Balaban J connectivity index is 1.17. The van der Waals surface area contributed by atoms with Crippen LogP contribution in [0.4, 0.5) is 0 Å². The average Bonchev–Trinajstić information content (AvgIpc) is 3.49. The number of esters is 1. The van der Waals surface area contributed by atoms with E-state index in [2.05, 4.69) is 27.7 Å². The molecule has 4 fully saturated rings. The van der Waals surface area contributed by atoms with Crippen molar-refractivity contribution < 1.29 is 23.8 Å². The lowest BCUT2D eigenvalue weighted by Crippen LogP contribution is -2.31. The number of hydrogen-bond donors (Lipinski definition) is 0. The summed E-state index contributed by atoms with van der Waals surface area (Å²) in [5, 5.41) is 0. The van der Waals surface area contributed by atoms with Gasteiger partial charge in [-0.15, -0.1) is 0 Å². The summed E-state index contributed by atoms with van der Waals surface area (Å²) in [7, 11) is 0. The zero-order valence-corrected chi connectivity index (χ0v) is 17.2. The van der Waals surface area contributed by atoms with Crippen LogP contribution in [0.1, 0.15) is 79.1 Å². The standard InChI is InChI=1S/C22H34O5/c1-20(2,8-7-16(23)14-5-9-21(3)17(11-14)26-21)13-25-19(24)15-6-10-22(4)18(12-15)27-22/h14-15,17-18H,5-13H2,1-4H3. The molecule has 6 atom stereocenters. The Hall–Kier alpha value is -0.940. The van der Waals surface area contributed by atoms with Gasteiger partial charge in [0.15, 0.2) is 0 Å². The second-order valence-corrected chi connectivity index (χ2v) is 10.5. The van der Waals surface area contributed by atoms with Gasteiger partial charge in [0.05, 0.1) is 35.9 Å². The fourth-order valence-electron chi connectivity index (χ4n) is 4.92. The lowest BCUT2D eigenvalue weighted by Gasteiger charge is -2.27. The molecule has 5 heteroatoms. The number of Topliss-reactive ketones (excluding diaryl/α,β-unsaturated/α-hetero) is 1. The second-order valence-electron chi connectivity index (χ2n) is 10.5. The first kappa shape index (κ1) is 19.4. The molecule has 2 heterocycles. The molecule has 27 heavy (non-hydrogen) atoms. The molecule has 0 aromatic heterocycles. The summed E-state index contributed by atoms with van der Waals surface area (Å²) in [6.07, 6.45) is 7.28. The van der Waals surface area contributed by atoms with Crippen molar-refractivity contribution in [3.8, 4) is 0 Å². The molecule has 0 amide bonds. The molecule has 0 radical (unpaired) electrons. The van der Waals surface area contributed by atoms with Gasteiger partial charge in [-0.2, -0.15) is 0 Å². The van der Waals surface area contributed by atoms with Crippen LogP contribution in [0.3, 0.4) is 0 Å². The maximum Gasteiger partial charge on any atom is 0.309 e. The molecule has 0 N–H and O–H groups in total. The van der Waals surface area contributed by atoms with E-state index in [1.807, 2.05) is 0 Å². The van der Waals surface area contributed by atoms with Crippen LogP contribution >= 0.6 is 0 Å². The molecule has 4 rings (SSSR count). The van der Waals surface area contributed by atoms with Crippen LogP contribution in [0.2, 0.25) is 0 Å². The summed E-state index contributed by atoms with van der Waals surface area (Å²) in [6.45, 7) is 8.82. The van der Waals surface area contributed by atoms with E-state index < -0.39 is 0 Å². The second kappa shape index (κ2) is 6.55. The van der Waals surface area contributed by atoms with E-state index in [0.29, 0.717) is 24.9 Å². The monoisotopic (exact) mass is 378 g/mol. The minimum absolute atomic E-state index is 0.0263. The van der Waals surface area contributed by atoms with Gasteiger partial charge in [-0.3, -0.25) is 9.59 Å². The van der Waals surface area contributed by atoms with Crippen molar-refractivity contribution in [2.24, 2.45) is 17.3 Å². The van der Waals surface area contributed by atoms with E-state index in [1.165, 1.54) is 0 Å². The number of rotatable bonds is 7. The van der Waals surface area contributed by atoms with Crippen molar-refractivity contribution in [3.63, 3.8) is 0 Å². The van der Waals surface area contributed by atoms with Gasteiger partial charge in [-0.05, 0) is 64.2 Å². The van der Waals surface area contributed by atoms with Crippen LogP contribution in [0, 0.1) is 17.3 Å². The van der Waals surface area contributed by atoms with Crippen LogP contribution in [0.5, 0.6) is 0 Å². The van der Waals surface area contributed by atoms with Gasteiger partial charge in [-0.25, -0.2) is 0 Å². The summed E-state index contributed by atoms with van der Waals surface area (Å²) in [6, 6.07) is 0. The smallest absolute Gasteiger partial charge is 0.309 e. The van der Waals surface area contributed by atoms with Crippen LogP contribution in [-0.2, 0) is 23.8 Å².